The third kappa shape index (κ3) is 4.26. The van der Waals surface area contributed by atoms with E-state index in [2.05, 4.69) is 72.2 Å². The number of carbonyl (C=O) groups is 1. The van der Waals surface area contributed by atoms with E-state index in [1.807, 2.05) is 28.8 Å². The fraction of sp³-hybridized carbons (Fsp3) is 0.138. The van der Waals surface area contributed by atoms with Crippen LogP contribution in [0.2, 0.25) is 0 Å². The number of benzene rings is 4. The van der Waals surface area contributed by atoms with Gasteiger partial charge in [0.05, 0.1) is 7.11 Å². The van der Waals surface area contributed by atoms with E-state index in [9.17, 15) is 4.79 Å². The van der Waals surface area contributed by atoms with Crippen LogP contribution in [0.5, 0.6) is 5.75 Å². The smallest absolute Gasteiger partial charge is 0.244 e. The first-order valence-corrected chi connectivity index (χ1v) is 11.4. The molecule has 0 fully saturated rings. The second kappa shape index (κ2) is 9.41. The van der Waals surface area contributed by atoms with Crippen LogP contribution >= 0.6 is 0 Å². The highest BCUT2D eigenvalue weighted by Crippen LogP contribution is 2.32. The highest BCUT2D eigenvalue weighted by atomic mass is 16.5. The Bertz CT molecular complexity index is 1480. The van der Waals surface area contributed by atoms with Crippen molar-refractivity contribution in [3.63, 3.8) is 0 Å². The first-order valence-electron chi connectivity index (χ1n) is 11.4. The fourth-order valence-corrected chi connectivity index (χ4v) is 4.56. The predicted molar refractivity (Wildman–Crippen MR) is 139 cm³/mol. The Morgan fingerprint density at radius 1 is 0.941 bits per heavy atom. The maximum atomic E-state index is 12.8. The summed E-state index contributed by atoms with van der Waals surface area (Å²) < 4.78 is 7.25. The van der Waals surface area contributed by atoms with E-state index in [4.69, 9.17) is 10.5 Å². The number of fused-ring (bicyclic) bond motifs is 2. The van der Waals surface area contributed by atoms with E-state index in [1.54, 1.807) is 7.11 Å². The molecule has 0 bridgehead atoms. The average molecular weight is 450 g/mol. The van der Waals surface area contributed by atoms with Crippen LogP contribution in [-0.4, -0.2) is 24.1 Å². The van der Waals surface area contributed by atoms with Gasteiger partial charge in [-0.05, 0) is 64.7 Å². The molecule has 1 amide bonds. The van der Waals surface area contributed by atoms with Crippen molar-refractivity contribution in [3.05, 3.63) is 96.7 Å². The van der Waals surface area contributed by atoms with Gasteiger partial charge in [-0.2, -0.15) is 0 Å². The molecule has 0 aliphatic rings. The Balaban J connectivity index is 1.49. The quantitative estimate of drug-likeness (QED) is 0.339. The molecule has 0 spiro atoms. The average Bonchev–Trinajstić information content (AvgIpc) is 3.20. The Labute approximate surface area is 198 Å². The number of rotatable bonds is 7. The summed E-state index contributed by atoms with van der Waals surface area (Å²) in [6.45, 7) is 0.763. The molecule has 0 aliphatic carbocycles. The summed E-state index contributed by atoms with van der Waals surface area (Å²) in [6, 6.07) is 28.6. The number of carbonyl (C=O) groups excluding carboxylic acids is 1. The normalized spacial score (nSPS) is 11.1. The Morgan fingerprint density at radius 3 is 2.62 bits per heavy atom. The molecule has 0 saturated heterocycles. The summed E-state index contributed by atoms with van der Waals surface area (Å²) in [5.41, 5.74) is 11.1. The van der Waals surface area contributed by atoms with Gasteiger partial charge >= 0.3 is 0 Å². The van der Waals surface area contributed by atoms with E-state index < -0.39 is 0 Å². The summed E-state index contributed by atoms with van der Waals surface area (Å²) in [6.07, 6.45) is 2.80. The van der Waals surface area contributed by atoms with E-state index in [-0.39, 0.29) is 12.5 Å². The van der Waals surface area contributed by atoms with Crippen molar-refractivity contribution in [1.82, 2.24) is 4.57 Å². The molecular weight excluding hydrogens is 422 g/mol. The minimum atomic E-state index is -0.0948. The lowest BCUT2D eigenvalue weighted by Crippen LogP contribution is -2.18. The van der Waals surface area contributed by atoms with Crippen molar-refractivity contribution < 1.29 is 9.53 Å². The Morgan fingerprint density at radius 2 is 1.76 bits per heavy atom. The van der Waals surface area contributed by atoms with E-state index in [0.29, 0.717) is 18.0 Å². The van der Waals surface area contributed by atoms with Crippen LogP contribution < -0.4 is 15.8 Å². The number of nitrogens with zero attached hydrogens (tertiary/aromatic N) is 1. The monoisotopic (exact) mass is 449 g/mol. The van der Waals surface area contributed by atoms with Gasteiger partial charge in [-0.3, -0.25) is 4.79 Å². The minimum absolute atomic E-state index is 0.0948. The van der Waals surface area contributed by atoms with Crippen LogP contribution in [0.15, 0.2) is 91.1 Å². The largest absolute Gasteiger partial charge is 0.497 e. The van der Waals surface area contributed by atoms with Gasteiger partial charge in [-0.15, -0.1) is 0 Å². The molecule has 34 heavy (non-hydrogen) atoms. The zero-order chi connectivity index (χ0) is 23.5. The number of aromatic nitrogens is 1. The Kier molecular flexibility index (Phi) is 6.02. The zero-order valence-electron chi connectivity index (χ0n) is 19.1. The van der Waals surface area contributed by atoms with Gasteiger partial charge in [0.15, 0.2) is 0 Å². The molecule has 0 saturated carbocycles. The van der Waals surface area contributed by atoms with Gasteiger partial charge in [-0.25, -0.2) is 0 Å². The number of hydrogen-bond acceptors (Lipinski definition) is 3. The van der Waals surface area contributed by atoms with E-state index in [1.165, 1.54) is 16.3 Å². The van der Waals surface area contributed by atoms with Crippen molar-refractivity contribution in [2.24, 2.45) is 5.73 Å². The predicted octanol–water partition coefficient (Wildman–Crippen LogP) is 5.61. The molecule has 5 aromatic rings. The van der Waals surface area contributed by atoms with E-state index in [0.717, 1.165) is 28.5 Å². The molecule has 5 nitrogen and oxygen atoms in total. The van der Waals surface area contributed by atoms with Crippen molar-refractivity contribution in [1.29, 1.82) is 0 Å². The lowest BCUT2D eigenvalue weighted by Gasteiger charge is -2.10. The number of nitrogens with one attached hydrogen (secondary N) is 1. The van der Waals surface area contributed by atoms with Crippen molar-refractivity contribution in [2.45, 2.75) is 13.0 Å². The molecular formula is C29H27N3O2. The summed E-state index contributed by atoms with van der Waals surface area (Å²) in [5, 5.41) is 6.53. The van der Waals surface area contributed by atoms with Crippen molar-refractivity contribution in [3.8, 4) is 16.9 Å². The first-order chi connectivity index (χ1) is 16.7. The van der Waals surface area contributed by atoms with Crippen molar-refractivity contribution in [2.75, 3.05) is 19.0 Å². The van der Waals surface area contributed by atoms with Gasteiger partial charge in [0.1, 0.15) is 12.3 Å². The number of amides is 1. The molecule has 1 aromatic heterocycles. The second-order valence-electron chi connectivity index (χ2n) is 8.36. The second-order valence-corrected chi connectivity index (χ2v) is 8.36. The molecule has 1 heterocycles. The molecule has 0 aliphatic heterocycles. The van der Waals surface area contributed by atoms with Crippen LogP contribution in [0.1, 0.15) is 5.56 Å². The lowest BCUT2D eigenvalue weighted by atomic mass is 9.96. The highest BCUT2D eigenvalue weighted by Gasteiger charge is 2.13. The van der Waals surface area contributed by atoms with Crippen LogP contribution in [0.3, 0.4) is 0 Å². The summed E-state index contributed by atoms with van der Waals surface area (Å²) in [5.74, 6) is 0.609. The fourth-order valence-electron chi connectivity index (χ4n) is 4.56. The zero-order valence-corrected chi connectivity index (χ0v) is 19.1. The van der Waals surface area contributed by atoms with E-state index >= 15 is 0 Å². The number of ether oxygens (including phenoxy) is 1. The standard InChI is InChI=1S/C29H27N3O2/c1-34-24-9-5-8-23(17-24)31-29(33)19-32-18-22(14-15-30)27-16-21(12-13-28(27)32)26-11-4-7-20-6-2-3-10-25(20)26/h2-13,16-18H,14-15,19,30H2,1H3,(H,31,33). The van der Waals surface area contributed by atoms with Gasteiger partial charge < -0.3 is 20.4 Å². The maximum absolute atomic E-state index is 12.8. The summed E-state index contributed by atoms with van der Waals surface area (Å²) in [7, 11) is 1.61. The van der Waals surface area contributed by atoms with Crippen LogP contribution in [-0.2, 0) is 17.8 Å². The molecule has 170 valence electrons. The molecule has 5 heteroatoms. The molecule has 4 aromatic carbocycles. The maximum Gasteiger partial charge on any atom is 0.244 e. The SMILES string of the molecule is COc1cccc(NC(=O)Cn2cc(CCN)c3cc(-c4cccc5ccccc45)ccc32)c1. The molecule has 5 rings (SSSR count). The molecule has 3 N–H and O–H groups in total. The van der Waals surface area contributed by atoms with Gasteiger partial charge in [0, 0.05) is 28.9 Å². The summed E-state index contributed by atoms with van der Waals surface area (Å²) in [4.78, 5) is 12.8. The van der Waals surface area contributed by atoms with Crippen molar-refractivity contribution >= 4 is 33.3 Å². The van der Waals surface area contributed by atoms with Gasteiger partial charge in [-0.1, -0.05) is 54.6 Å². The van der Waals surface area contributed by atoms with Gasteiger partial charge in [0.2, 0.25) is 5.91 Å². The Hall–Kier alpha value is -4.09. The molecule has 0 unspecified atom stereocenters. The third-order valence-electron chi connectivity index (χ3n) is 6.15. The number of methoxy groups -OCH3 is 1. The molecule has 0 atom stereocenters. The molecule has 0 radical (unpaired) electrons. The number of anilines is 1. The van der Waals surface area contributed by atoms with Gasteiger partial charge in [0.25, 0.3) is 0 Å². The third-order valence-corrected chi connectivity index (χ3v) is 6.15. The highest BCUT2D eigenvalue weighted by molar-refractivity contribution is 5.99. The first kappa shape index (κ1) is 21.7. The topological polar surface area (TPSA) is 69.3 Å². The minimum Gasteiger partial charge on any atom is -0.497 e. The van der Waals surface area contributed by atoms with Crippen LogP contribution in [0, 0.1) is 0 Å². The number of hydrogen-bond donors (Lipinski definition) is 2. The van der Waals surface area contributed by atoms with Crippen LogP contribution in [0.25, 0.3) is 32.8 Å². The lowest BCUT2D eigenvalue weighted by molar-refractivity contribution is -0.116. The summed E-state index contributed by atoms with van der Waals surface area (Å²) >= 11 is 0. The number of nitrogens with two attached hydrogens (primary N) is 1. The van der Waals surface area contributed by atoms with Crippen LogP contribution in [0.4, 0.5) is 5.69 Å².